The number of nitrogens with zero attached hydrogens (tertiary/aromatic N) is 1. The fourth-order valence-electron chi connectivity index (χ4n) is 1.56. The molecular weight excluding hydrogens is 242 g/mol. The first-order valence-corrected chi connectivity index (χ1v) is 6.71. The summed E-state index contributed by atoms with van der Waals surface area (Å²) in [4.78, 5) is 5.93. The van der Waals surface area contributed by atoms with Crippen LogP contribution in [-0.2, 0) is 10.6 Å². The molecule has 0 saturated heterocycles. The van der Waals surface area contributed by atoms with Gasteiger partial charge in [-0.05, 0) is 11.6 Å². The van der Waals surface area contributed by atoms with Crippen molar-refractivity contribution in [2.45, 2.75) is 10.6 Å². The van der Waals surface area contributed by atoms with Gasteiger partial charge in [-0.15, -0.1) is 11.8 Å². The SMILES string of the molecule is CO/N=C/c1ccccc1SCc1ccccc1. The van der Waals surface area contributed by atoms with Crippen molar-refractivity contribution in [1.29, 1.82) is 0 Å². The van der Waals surface area contributed by atoms with Crippen LogP contribution in [0.3, 0.4) is 0 Å². The van der Waals surface area contributed by atoms with Gasteiger partial charge >= 0.3 is 0 Å². The number of oxime groups is 1. The van der Waals surface area contributed by atoms with Crippen LogP contribution in [0.2, 0.25) is 0 Å². The molecule has 0 spiro atoms. The van der Waals surface area contributed by atoms with Crippen LogP contribution in [0, 0.1) is 0 Å². The largest absolute Gasteiger partial charge is 0.399 e. The lowest BCUT2D eigenvalue weighted by molar-refractivity contribution is 0.215. The van der Waals surface area contributed by atoms with Crippen molar-refractivity contribution in [1.82, 2.24) is 0 Å². The second kappa shape index (κ2) is 6.87. The lowest BCUT2D eigenvalue weighted by Gasteiger charge is -2.05. The molecule has 0 amide bonds. The molecule has 0 aliphatic heterocycles. The maximum atomic E-state index is 4.72. The Hall–Kier alpha value is -1.74. The first kappa shape index (κ1) is 12.7. The zero-order valence-electron chi connectivity index (χ0n) is 10.2. The average molecular weight is 257 g/mol. The van der Waals surface area contributed by atoms with Gasteiger partial charge in [0.25, 0.3) is 0 Å². The Kier molecular flexibility index (Phi) is 4.85. The topological polar surface area (TPSA) is 21.6 Å². The van der Waals surface area contributed by atoms with Crippen molar-refractivity contribution in [2.24, 2.45) is 5.16 Å². The molecular formula is C15H15NOS. The molecule has 0 aliphatic rings. The summed E-state index contributed by atoms with van der Waals surface area (Å²) in [5, 5.41) is 3.82. The summed E-state index contributed by atoms with van der Waals surface area (Å²) in [6.07, 6.45) is 1.74. The Labute approximate surface area is 112 Å². The highest BCUT2D eigenvalue weighted by Crippen LogP contribution is 2.25. The lowest BCUT2D eigenvalue weighted by atomic mass is 10.2. The second-order valence-corrected chi connectivity index (χ2v) is 4.75. The normalized spacial score (nSPS) is 10.7. The van der Waals surface area contributed by atoms with Crippen molar-refractivity contribution in [3.05, 3.63) is 65.7 Å². The number of benzene rings is 2. The molecule has 0 saturated carbocycles. The summed E-state index contributed by atoms with van der Waals surface area (Å²) in [6, 6.07) is 18.6. The van der Waals surface area contributed by atoms with Gasteiger partial charge in [-0.3, -0.25) is 0 Å². The maximum Gasteiger partial charge on any atom is 0.106 e. The predicted molar refractivity (Wildman–Crippen MR) is 77.0 cm³/mol. The maximum absolute atomic E-state index is 4.72. The van der Waals surface area contributed by atoms with Crippen molar-refractivity contribution in [2.75, 3.05) is 7.11 Å². The number of hydrogen-bond donors (Lipinski definition) is 0. The fraction of sp³-hybridized carbons (Fsp3) is 0.133. The zero-order valence-corrected chi connectivity index (χ0v) is 11.1. The minimum Gasteiger partial charge on any atom is -0.399 e. The summed E-state index contributed by atoms with van der Waals surface area (Å²) in [5.41, 5.74) is 2.40. The summed E-state index contributed by atoms with van der Waals surface area (Å²) in [5.74, 6) is 0.957. The zero-order chi connectivity index (χ0) is 12.6. The third-order valence-electron chi connectivity index (χ3n) is 2.45. The average Bonchev–Trinajstić information content (AvgIpc) is 2.45. The molecule has 0 aliphatic carbocycles. The molecule has 18 heavy (non-hydrogen) atoms. The predicted octanol–water partition coefficient (Wildman–Crippen LogP) is 3.96. The Bertz CT molecular complexity index is 511. The number of rotatable bonds is 5. The Morgan fingerprint density at radius 2 is 1.78 bits per heavy atom. The van der Waals surface area contributed by atoms with Gasteiger partial charge < -0.3 is 4.84 Å². The van der Waals surface area contributed by atoms with E-state index in [1.807, 2.05) is 24.3 Å². The van der Waals surface area contributed by atoms with Crippen molar-refractivity contribution >= 4 is 18.0 Å². The molecule has 0 radical (unpaired) electrons. The van der Waals surface area contributed by atoms with E-state index in [9.17, 15) is 0 Å². The van der Waals surface area contributed by atoms with Crippen LogP contribution in [0.25, 0.3) is 0 Å². The van der Waals surface area contributed by atoms with Gasteiger partial charge in [0.1, 0.15) is 7.11 Å². The van der Waals surface area contributed by atoms with Gasteiger partial charge in [0.15, 0.2) is 0 Å². The highest BCUT2D eigenvalue weighted by molar-refractivity contribution is 7.98. The van der Waals surface area contributed by atoms with E-state index in [-0.39, 0.29) is 0 Å². The number of thioether (sulfide) groups is 1. The molecule has 92 valence electrons. The van der Waals surface area contributed by atoms with E-state index in [4.69, 9.17) is 4.84 Å². The van der Waals surface area contributed by atoms with Gasteiger partial charge in [0, 0.05) is 16.2 Å². The summed E-state index contributed by atoms with van der Waals surface area (Å²) in [7, 11) is 1.55. The minimum absolute atomic E-state index is 0.957. The highest BCUT2D eigenvalue weighted by Gasteiger charge is 2.01. The highest BCUT2D eigenvalue weighted by atomic mass is 32.2. The van der Waals surface area contributed by atoms with Crippen LogP contribution >= 0.6 is 11.8 Å². The molecule has 0 fully saturated rings. The summed E-state index contributed by atoms with van der Waals surface area (Å²) >= 11 is 1.80. The third kappa shape index (κ3) is 3.64. The molecule has 0 atom stereocenters. The van der Waals surface area contributed by atoms with Crippen LogP contribution in [0.1, 0.15) is 11.1 Å². The Morgan fingerprint density at radius 1 is 1.06 bits per heavy atom. The van der Waals surface area contributed by atoms with E-state index >= 15 is 0 Å². The summed E-state index contributed by atoms with van der Waals surface area (Å²) in [6.45, 7) is 0. The van der Waals surface area contributed by atoms with E-state index in [0.717, 1.165) is 11.3 Å². The van der Waals surface area contributed by atoms with Gasteiger partial charge in [-0.25, -0.2) is 0 Å². The van der Waals surface area contributed by atoms with E-state index in [1.165, 1.54) is 10.5 Å². The third-order valence-corrected chi connectivity index (χ3v) is 3.61. The monoisotopic (exact) mass is 257 g/mol. The molecule has 2 rings (SSSR count). The molecule has 0 unspecified atom stereocenters. The number of hydrogen-bond acceptors (Lipinski definition) is 3. The standard InChI is InChI=1S/C15H15NOS/c1-17-16-11-14-9-5-6-10-15(14)18-12-13-7-3-2-4-8-13/h2-11H,12H2,1H3/b16-11+. The molecule has 0 aromatic heterocycles. The molecule has 0 heterocycles. The van der Waals surface area contributed by atoms with E-state index in [0.29, 0.717) is 0 Å². The van der Waals surface area contributed by atoms with Gasteiger partial charge in [0.05, 0.1) is 6.21 Å². The molecule has 2 aromatic carbocycles. The molecule has 2 nitrogen and oxygen atoms in total. The molecule has 3 heteroatoms. The Morgan fingerprint density at radius 3 is 2.56 bits per heavy atom. The fourth-order valence-corrected chi connectivity index (χ4v) is 2.54. The summed E-state index contributed by atoms with van der Waals surface area (Å²) < 4.78 is 0. The van der Waals surface area contributed by atoms with Crippen LogP contribution in [0.4, 0.5) is 0 Å². The van der Waals surface area contributed by atoms with Crippen molar-refractivity contribution in [3.63, 3.8) is 0 Å². The van der Waals surface area contributed by atoms with E-state index < -0.39 is 0 Å². The van der Waals surface area contributed by atoms with Crippen LogP contribution in [-0.4, -0.2) is 13.3 Å². The minimum atomic E-state index is 0.957. The molecule has 2 aromatic rings. The van der Waals surface area contributed by atoms with Gasteiger partial charge in [0.2, 0.25) is 0 Å². The van der Waals surface area contributed by atoms with Crippen LogP contribution in [0.5, 0.6) is 0 Å². The van der Waals surface area contributed by atoms with Gasteiger partial charge in [-0.1, -0.05) is 53.7 Å². The quantitative estimate of drug-likeness (QED) is 0.459. The van der Waals surface area contributed by atoms with Crippen molar-refractivity contribution < 1.29 is 4.84 Å². The lowest BCUT2D eigenvalue weighted by Crippen LogP contribution is -1.87. The van der Waals surface area contributed by atoms with Gasteiger partial charge in [-0.2, -0.15) is 0 Å². The van der Waals surface area contributed by atoms with Crippen LogP contribution < -0.4 is 0 Å². The Balaban J connectivity index is 2.07. The first-order chi connectivity index (χ1) is 8.90. The smallest absolute Gasteiger partial charge is 0.106 e. The molecule has 0 bridgehead atoms. The van der Waals surface area contributed by atoms with Crippen molar-refractivity contribution in [3.8, 4) is 0 Å². The van der Waals surface area contributed by atoms with Crippen LogP contribution in [0.15, 0.2) is 64.6 Å². The van der Waals surface area contributed by atoms with E-state index in [2.05, 4.69) is 35.5 Å². The second-order valence-electron chi connectivity index (χ2n) is 3.73. The first-order valence-electron chi connectivity index (χ1n) is 5.72. The van der Waals surface area contributed by atoms with E-state index in [1.54, 1.807) is 25.1 Å². The molecule has 0 N–H and O–H groups in total.